The van der Waals surface area contributed by atoms with Gasteiger partial charge in [0.25, 0.3) is 0 Å². The second-order valence-corrected chi connectivity index (χ2v) is 10.0. The molecule has 0 atom stereocenters. The van der Waals surface area contributed by atoms with Gasteiger partial charge in [0.1, 0.15) is 17.0 Å². The summed E-state index contributed by atoms with van der Waals surface area (Å²) in [6.45, 7) is 4.40. The molecule has 3 nitrogen and oxygen atoms in total. The molecule has 0 aliphatic rings. The van der Waals surface area contributed by atoms with Gasteiger partial charge in [0.05, 0.1) is 21.8 Å². The molecule has 5 aromatic carbocycles. The highest BCUT2D eigenvalue weighted by atomic mass is 19.1. The zero-order valence-electron chi connectivity index (χ0n) is 21.8. The van der Waals surface area contributed by atoms with Crippen LogP contribution in [0.25, 0.3) is 60.6 Å². The van der Waals surface area contributed by atoms with Crippen LogP contribution < -0.4 is 5.43 Å². The quantitative estimate of drug-likeness (QED) is 0.221. The van der Waals surface area contributed by atoms with Crippen LogP contribution in [0.2, 0.25) is 0 Å². The number of aryl methyl sites for hydroxylation is 2. The van der Waals surface area contributed by atoms with Crippen LogP contribution in [0.1, 0.15) is 25.0 Å². The molecule has 4 heteroatoms. The molecule has 0 saturated carbocycles. The molecule has 0 saturated heterocycles. The highest BCUT2D eigenvalue weighted by Gasteiger charge is 2.17. The van der Waals surface area contributed by atoms with Crippen molar-refractivity contribution in [3.05, 3.63) is 124 Å². The highest BCUT2D eigenvalue weighted by molar-refractivity contribution is 6.11. The molecule has 7 aromatic rings. The molecule has 0 fully saturated rings. The van der Waals surface area contributed by atoms with E-state index in [0.29, 0.717) is 16.4 Å². The van der Waals surface area contributed by atoms with Crippen molar-refractivity contribution in [3.63, 3.8) is 0 Å². The molecule has 0 aliphatic heterocycles. The Hall–Kier alpha value is -4.70. The topological polar surface area (TPSA) is 35.1 Å². The van der Waals surface area contributed by atoms with Crippen LogP contribution in [0.3, 0.4) is 0 Å². The average Bonchev–Trinajstić information content (AvgIpc) is 3.32. The third-order valence-corrected chi connectivity index (χ3v) is 7.81. The number of hydrogen-bond acceptors (Lipinski definition) is 2. The molecule has 0 unspecified atom stereocenters. The van der Waals surface area contributed by atoms with E-state index in [0.717, 1.165) is 29.7 Å². The number of halogens is 1. The first-order valence-corrected chi connectivity index (χ1v) is 13.4. The Morgan fingerprint density at radius 3 is 1.90 bits per heavy atom. The molecule has 7 rings (SSSR count). The van der Waals surface area contributed by atoms with Gasteiger partial charge in [-0.05, 0) is 71.5 Å². The van der Waals surface area contributed by atoms with Crippen LogP contribution in [-0.4, -0.2) is 4.57 Å². The van der Waals surface area contributed by atoms with E-state index >= 15 is 0 Å². The summed E-state index contributed by atoms with van der Waals surface area (Å²) in [7, 11) is 0. The second kappa shape index (κ2) is 8.95. The van der Waals surface area contributed by atoms with Crippen LogP contribution in [0.4, 0.5) is 4.39 Å². The molecule has 0 spiro atoms. The SMILES string of the molecule is CCc1cccc2c3cccc(CC)c3n(-c3cccc(-c4ccc5c(=O)c6ccc(F)cc6oc5c4)c3)c12. The third-order valence-electron chi connectivity index (χ3n) is 7.81. The summed E-state index contributed by atoms with van der Waals surface area (Å²) in [5.74, 6) is -0.432. The summed E-state index contributed by atoms with van der Waals surface area (Å²) in [5.41, 5.74) is 8.65. The summed E-state index contributed by atoms with van der Waals surface area (Å²) in [4.78, 5) is 13.0. The minimum absolute atomic E-state index is 0.156. The molecule has 0 amide bonds. The Morgan fingerprint density at radius 2 is 1.23 bits per heavy atom. The standard InChI is InChI=1S/C35H26FNO2/c1-3-21-8-6-12-27-28-13-7-9-22(4-2)34(28)37(33(21)27)26-11-5-10-23(18-26)24-14-16-29-31(19-24)39-32-20-25(36)15-17-30(32)35(29)38/h5-20H,3-4H2,1-2H3. The minimum Gasteiger partial charge on any atom is -0.456 e. The molecular formula is C35H26FNO2. The lowest BCUT2D eigenvalue weighted by molar-refractivity contribution is 0.615. The van der Waals surface area contributed by atoms with Gasteiger partial charge in [0, 0.05) is 22.5 Å². The van der Waals surface area contributed by atoms with Gasteiger partial charge in [0.15, 0.2) is 0 Å². The van der Waals surface area contributed by atoms with Crippen LogP contribution >= 0.6 is 0 Å². The number of para-hydroxylation sites is 2. The monoisotopic (exact) mass is 511 g/mol. The number of aromatic nitrogens is 1. The highest BCUT2D eigenvalue weighted by Crippen LogP contribution is 2.37. The van der Waals surface area contributed by atoms with Gasteiger partial charge in [-0.3, -0.25) is 4.79 Å². The molecule has 2 heterocycles. The lowest BCUT2D eigenvalue weighted by Crippen LogP contribution is -2.02. The van der Waals surface area contributed by atoms with Crippen LogP contribution in [0.5, 0.6) is 0 Å². The first kappa shape index (κ1) is 23.4. The van der Waals surface area contributed by atoms with E-state index in [1.54, 1.807) is 6.07 Å². The normalized spacial score (nSPS) is 11.8. The summed E-state index contributed by atoms with van der Waals surface area (Å²) in [6, 6.07) is 31.3. The Balaban J connectivity index is 1.47. The number of nitrogens with zero attached hydrogens (tertiary/aromatic N) is 1. The maximum atomic E-state index is 13.9. The van der Waals surface area contributed by atoms with Crippen molar-refractivity contribution in [2.45, 2.75) is 26.7 Å². The van der Waals surface area contributed by atoms with Crippen molar-refractivity contribution in [1.29, 1.82) is 0 Å². The maximum absolute atomic E-state index is 13.9. The van der Waals surface area contributed by atoms with Crippen molar-refractivity contribution in [2.24, 2.45) is 0 Å². The molecule has 0 radical (unpaired) electrons. The first-order valence-electron chi connectivity index (χ1n) is 13.4. The van der Waals surface area contributed by atoms with Crippen molar-refractivity contribution >= 4 is 43.7 Å². The Bertz CT molecular complexity index is 2070. The lowest BCUT2D eigenvalue weighted by Gasteiger charge is -2.14. The van der Waals surface area contributed by atoms with Crippen LogP contribution in [0, 0.1) is 5.82 Å². The third kappa shape index (κ3) is 3.59. The van der Waals surface area contributed by atoms with Crippen molar-refractivity contribution in [2.75, 3.05) is 0 Å². The molecule has 0 N–H and O–H groups in total. The largest absolute Gasteiger partial charge is 0.456 e. The summed E-state index contributed by atoms with van der Waals surface area (Å²) < 4.78 is 22.3. The fourth-order valence-corrected chi connectivity index (χ4v) is 5.92. The van der Waals surface area contributed by atoms with E-state index in [1.807, 2.05) is 12.1 Å². The Morgan fingerprint density at radius 1 is 0.641 bits per heavy atom. The van der Waals surface area contributed by atoms with Crippen molar-refractivity contribution in [1.82, 2.24) is 4.57 Å². The fraction of sp³-hybridized carbons (Fsp3) is 0.114. The summed E-state index contributed by atoms with van der Waals surface area (Å²) in [5, 5.41) is 3.38. The van der Waals surface area contributed by atoms with Gasteiger partial charge in [-0.2, -0.15) is 0 Å². The van der Waals surface area contributed by atoms with Gasteiger partial charge >= 0.3 is 0 Å². The van der Waals surface area contributed by atoms with Crippen LogP contribution in [0.15, 0.2) is 106 Å². The van der Waals surface area contributed by atoms with E-state index in [-0.39, 0.29) is 11.0 Å². The predicted molar refractivity (Wildman–Crippen MR) is 158 cm³/mol. The van der Waals surface area contributed by atoms with Gasteiger partial charge in [-0.15, -0.1) is 0 Å². The van der Waals surface area contributed by atoms with Gasteiger partial charge in [-0.1, -0.05) is 68.4 Å². The first-order chi connectivity index (χ1) is 19.1. The Labute approximate surface area is 224 Å². The molecule has 2 aromatic heterocycles. The molecule has 0 bridgehead atoms. The number of benzene rings is 5. The van der Waals surface area contributed by atoms with E-state index < -0.39 is 5.82 Å². The van der Waals surface area contributed by atoms with Crippen molar-refractivity contribution in [3.8, 4) is 16.8 Å². The zero-order valence-corrected chi connectivity index (χ0v) is 21.8. The van der Waals surface area contributed by atoms with Gasteiger partial charge in [-0.25, -0.2) is 4.39 Å². The minimum atomic E-state index is -0.432. The van der Waals surface area contributed by atoms with E-state index in [2.05, 4.69) is 79.1 Å². The second-order valence-electron chi connectivity index (χ2n) is 10.0. The van der Waals surface area contributed by atoms with Gasteiger partial charge in [0.2, 0.25) is 5.43 Å². The smallest absolute Gasteiger partial charge is 0.200 e. The molecular weight excluding hydrogens is 485 g/mol. The number of fused-ring (bicyclic) bond motifs is 5. The van der Waals surface area contributed by atoms with E-state index in [9.17, 15) is 9.18 Å². The zero-order chi connectivity index (χ0) is 26.7. The summed E-state index contributed by atoms with van der Waals surface area (Å²) >= 11 is 0. The molecule has 190 valence electrons. The van der Waals surface area contributed by atoms with Gasteiger partial charge < -0.3 is 8.98 Å². The maximum Gasteiger partial charge on any atom is 0.200 e. The van der Waals surface area contributed by atoms with Crippen molar-refractivity contribution < 1.29 is 8.81 Å². The average molecular weight is 512 g/mol. The number of hydrogen-bond donors (Lipinski definition) is 0. The molecule has 39 heavy (non-hydrogen) atoms. The lowest BCUT2D eigenvalue weighted by atomic mass is 10.0. The Kier molecular flexibility index (Phi) is 5.38. The summed E-state index contributed by atoms with van der Waals surface area (Å²) in [6.07, 6.45) is 1.88. The number of rotatable bonds is 4. The van der Waals surface area contributed by atoms with E-state index in [4.69, 9.17) is 4.42 Å². The molecule has 0 aliphatic carbocycles. The fourth-order valence-electron chi connectivity index (χ4n) is 5.92. The van der Waals surface area contributed by atoms with Crippen LogP contribution in [-0.2, 0) is 12.8 Å². The van der Waals surface area contributed by atoms with E-state index in [1.165, 1.54) is 51.1 Å². The predicted octanol–water partition coefficient (Wildman–Crippen LogP) is 8.97.